The van der Waals surface area contributed by atoms with E-state index in [9.17, 15) is 0 Å². The van der Waals surface area contributed by atoms with Gasteiger partial charge in [0, 0.05) is 5.69 Å². The number of hydrogen-bond acceptors (Lipinski definition) is 3. The van der Waals surface area contributed by atoms with E-state index in [0.717, 1.165) is 22.9 Å². The van der Waals surface area contributed by atoms with Gasteiger partial charge in [-0.2, -0.15) is 10.2 Å². The Bertz CT molecular complexity index is 461. The van der Waals surface area contributed by atoms with Gasteiger partial charge in [0.25, 0.3) is 0 Å². The maximum Gasteiger partial charge on any atom is 0.175 e. The number of rotatable bonds is 2. The zero-order chi connectivity index (χ0) is 10.8. The number of hydrogen-bond donors (Lipinski definition) is 0. The molecule has 2 rings (SSSR count). The molecule has 0 amide bonds. The molecule has 0 N–H and O–H groups in total. The lowest BCUT2D eigenvalue weighted by atomic mass is 10.4. The fraction of sp³-hybridized carbons (Fsp3) is 0.300. The van der Waals surface area contributed by atoms with Gasteiger partial charge in [0.1, 0.15) is 0 Å². The zero-order valence-corrected chi connectivity index (χ0v) is 9.36. The molecule has 0 fully saturated rings. The van der Waals surface area contributed by atoms with E-state index < -0.39 is 0 Å². The van der Waals surface area contributed by atoms with Crippen LogP contribution in [-0.2, 0) is 5.88 Å². The van der Waals surface area contributed by atoms with Crippen LogP contribution >= 0.6 is 11.6 Å². The van der Waals surface area contributed by atoms with E-state index in [0.29, 0.717) is 5.88 Å². The van der Waals surface area contributed by atoms with Gasteiger partial charge in [-0.05, 0) is 32.0 Å². The maximum atomic E-state index is 5.64. The molecule has 78 valence electrons. The molecule has 2 aromatic rings. The third-order valence-corrected chi connectivity index (χ3v) is 2.34. The van der Waals surface area contributed by atoms with Crippen molar-refractivity contribution in [3.8, 4) is 5.82 Å². The summed E-state index contributed by atoms with van der Waals surface area (Å²) in [6, 6.07) is 5.72. The molecule has 0 bridgehead atoms. The van der Waals surface area contributed by atoms with Crippen molar-refractivity contribution in [3.63, 3.8) is 0 Å². The molecule has 0 unspecified atom stereocenters. The number of nitrogens with zero attached hydrogens (tertiary/aromatic N) is 4. The van der Waals surface area contributed by atoms with Crippen molar-refractivity contribution in [1.29, 1.82) is 0 Å². The Balaban J connectivity index is 2.41. The van der Waals surface area contributed by atoms with Crippen LogP contribution in [0.25, 0.3) is 5.82 Å². The Morgan fingerprint density at radius 2 is 2.07 bits per heavy atom. The predicted molar refractivity (Wildman–Crippen MR) is 58.2 cm³/mol. The Kier molecular flexibility index (Phi) is 2.68. The highest BCUT2D eigenvalue weighted by atomic mass is 35.5. The van der Waals surface area contributed by atoms with Crippen molar-refractivity contribution >= 4 is 11.6 Å². The fourth-order valence-corrected chi connectivity index (χ4v) is 1.54. The van der Waals surface area contributed by atoms with Gasteiger partial charge >= 0.3 is 0 Å². The van der Waals surface area contributed by atoms with Gasteiger partial charge in [-0.3, -0.25) is 0 Å². The van der Waals surface area contributed by atoms with Crippen LogP contribution in [0.2, 0.25) is 0 Å². The molecule has 4 nitrogen and oxygen atoms in total. The van der Waals surface area contributed by atoms with Crippen molar-refractivity contribution in [2.24, 2.45) is 0 Å². The van der Waals surface area contributed by atoms with Crippen molar-refractivity contribution < 1.29 is 0 Å². The van der Waals surface area contributed by atoms with E-state index in [-0.39, 0.29) is 0 Å². The summed E-state index contributed by atoms with van der Waals surface area (Å²) in [5.41, 5.74) is 2.78. The molecule has 0 radical (unpaired) electrons. The highest BCUT2D eigenvalue weighted by Crippen LogP contribution is 2.09. The molecule has 0 aliphatic rings. The van der Waals surface area contributed by atoms with Gasteiger partial charge in [0.05, 0.1) is 17.3 Å². The summed E-state index contributed by atoms with van der Waals surface area (Å²) in [5.74, 6) is 1.10. The lowest BCUT2D eigenvalue weighted by Crippen LogP contribution is -2.03. The third kappa shape index (κ3) is 1.99. The van der Waals surface area contributed by atoms with Crippen molar-refractivity contribution in [3.05, 3.63) is 35.3 Å². The maximum absolute atomic E-state index is 5.64. The van der Waals surface area contributed by atoms with Crippen LogP contribution in [0.5, 0.6) is 0 Å². The molecule has 0 spiro atoms. The minimum atomic E-state index is 0.379. The van der Waals surface area contributed by atoms with E-state index in [2.05, 4.69) is 15.3 Å². The zero-order valence-electron chi connectivity index (χ0n) is 8.61. The molecule has 0 saturated carbocycles. The lowest BCUT2D eigenvalue weighted by molar-refractivity contribution is 0.775. The summed E-state index contributed by atoms with van der Waals surface area (Å²) in [7, 11) is 0. The first kappa shape index (κ1) is 10.1. The minimum Gasteiger partial charge on any atom is -0.218 e. The van der Waals surface area contributed by atoms with Gasteiger partial charge in [-0.25, -0.2) is 4.68 Å². The van der Waals surface area contributed by atoms with E-state index in [1.54, 1.807) is 4.68 Å². The number of halogens is 1. The SMILES string of the molecule is Cc1cc(C)n(-c2ccc(CCl)nn2)n1. The quantitative estimate of drug-likeness (QED) is 0.731. The first-order valence-corrected chi connectivity index (χ1v) is 5.16. The Morgan fingerprint density at radius 1 is 1.27 bits per heavy atom. The molecule has 0 aromatic carbocycles. The Morgan fingerprint density at radius 3 is 2.53 bits per heavy atom. The van der Waals surface area contributed by atoms with Gasteiger partial charge in [-0.1, -0.05) is 0 Å². The molecule has 2 aromatic heterocycles. The highest BCUT2D eigenvalue weighted by molar-refractivity contribution is 6.16. The molecule has 15 heavy (non-hydrogen) atoms. The van der Waals surface area contributed by atoms with E-state index >= 15 is 0 Å². The second-order valence-electron chi connectivity index (χ2n) is 3.36. The van der Waals surface area contributed by atoms with Crippen LogP contribution in [0.1, 0.15) is 17.1 Å². The summed E-state index contributed by atoms with van der Waals surface area (Å²) in [6.07, 6.45) is 0. The Hall–Kier alpha value is -1.42. The smallest absolute Gasteiger partial charge is 0.175 e. The van der Waals surface area contributed by atoms with Crippen molar-refractivity contribution in [2.75, 3.05) is 0 Å². The topological polar surface area (TPSA) is 43.6 Å². The highest BCUT2D eigenvalue weighted by Gasteiger charge is 2.05. The molecule has 0 aliphatic carbocycles. The van der Waals surface area contributed by atoms with Gasteiger partial charge in [0.15, 0.2) is 5.82 Å². The van der Waals surface area contributed by atoms with Gasteiger partial charge in [-0.15, -0.1) is 16.7 Å². The summed E-state index contributed by atoms with van der Waals surface area (Å²) >= 11 is 5.64. The van der Waals surface area contributed by atoms with Crippen molar-refractivity contribution in [1.82, 2.24) is 20.0 Å². The molecular weight excluding hydrogens is 212 g/mol. The van der Waals surface area contributed by atoms with Crippen LogP contribution in [0.4, 0.5) is 0 Å². The molecular formula is C10H11ClN4. The molecule has 0 saturated heterocycles. The number of alkyl halides is 1. The van der Waals surface area contributed by atoms with Gasteiger partial charge in [0.2, 0.25) is 0 Å². The predicted octanol–water partition coefficient (Wildman–Crippen LogP) is 2.02. The first-order chi connectivity index (χ1) is 7.20. The van der Waals surface area contributed by atoms with E-state index in [1.165, 1.54) is 0 Å². The summed E-state index contributed by atoms with van der Waals surface area (Å²) in [5, 5.41) is 12.4. The lowest BCUT2D eigenvalue weighted by Gasteiger charge is -2.02. The van der Waals surface area contributed by atoms with Crippen LogP contribution < -0.4 is 0 Å². The number of aromatic nitrogens is 4. The average molecular weight is 223 g/mol. The van der Waals surface area contributed by atoms with Crippen LogP contribution in [-0.4, -0.2) is 20.0 Å². The monoisotopic (exact) mass is 222 g/mol. The third-order valence-electron chi connectivity index (χ3n) is 2.07. The van der Waals surface area contributed by atoms with Crippen molar-refractivity contribution in [2.45, 2.75) is 19.7 Å². The van der Waals surface area contributed by atoms with Crippen LogP contribution in [0.3, 0.4) is 0 Å². The fourth-order valence-electron chi connectivity index (χ4n) is 1.40. The molecule has 0 aliphatic heterocycles. The Labute approximate surface area is 92.9 Å². The van der Waals surface area contributed by atoms with E-state index in [1.807, 2.05) is 32.0 Å². The molecule has 5 heteroatoms. The summed E-state index contributed by atoms with van der Waals surface area (Å²) < 4.78 is 1.76. The largest absolute Gasteiger partial charge is 0.218 e. The first-order valence-electron chi connectivity index (χ1n) is 4.63. The molecule has 2 heterocycles. The minimum absolute atomic E-state index is 0.379. The summed E-state index contributed by atoms with van der Waals surface area (Å²) in [4.78, 5) is 0. The van der Waals surface area contributed by atoms with Crippen LogP contribution in [0, 0.1) is 13.8 Å². The normalized spacial score (nSPS) is 10.6. The second kappa shape index (κ2) is 3.98. The summed E-state index contributed by atoms with van der Waals surface area (Å²) in [6.45, 7) is 3.93. The average Bonchev–Trinajstić information content (AvgIpc) is 2.58. The standard InChI is InChI=1S/C10H11ClN4/c1-7-5-8(2)15(14-7)10-4-3-9(6-11)12-13-10/h3-5H,6H2,1-2H3. The van der Waals surface area contributed by atoms with Crippen LogP contribution in [0.15, 0.2) is 18.2 Å². The molecule has 0 atom stereocenters. The second-order valence-corrected chi connectivity index (χ2v) is 3.62. The number of aryl methyl sites for hydroxylation is 2. The van der Waals surface area contributed by atoms with Gasteiger partial charge < -0.3 is 0 Å². The van der Waals surface area contributed by atoms with E-state index in [4.69, 9.17) is 11.6 Å².